The number of hydrogen-bond donors (Lipinski definition) is 1. The van der Waals surface area contributed by atoms with E-state index in [1.165, 1.54) is 49.5 Å². The molecule has 1 heterocycles. The molecule has 1 saturated carbocycles. The Balaban J connectivity index is 1.70. The summed E-state index contributed by atoms with van der Waals surface area (Å²) in [6.45, 7) is 0. The minimum Gasteiger partial charge on any atom is -0.455 e. The maximum absolute atomic E-state index is 13.5. The van der Waals surface area contributed by atoms with Crippen LogP contribution in [0, 0.1) is 5.82 Å². The topological polar surface area (TPSA) is 106 Å². The van der Waals surface area contributed by atoms with Crippen molar-refractivity contribution in [1.82, 2.24) is 5.32 Å². The molecule has 8 nitrogen and oxygen atoms in total. The van der Waals surface area contributed by atoms with E-state index in [1.807, 2.05) is 0 Å². The molecular formula is C27H23FN2O6S. The van der Waals surface area contributed by atoms with Gasteiger partial charge in [0.2, 0.25) is 0 Å². The number of halogens is 1. The third-order valence-electron chi connectivity index (χ3n) is 6.09. The molecule has 37 heavy (non-hydrogen) atoms. The monoisotopic (exact) mass is 522 g/mol. The summed E-state index contributed by atoms with van der Waals surface area (Å²) < 4.78 is 45.9. The van der Waals surface area contributed by atoms with Crippen LogP contribution in [-0.2, 0) is 14.9 Å². The average Bonchev–Trinajstić information content (AvgIpc) is 3.66. The summed E-state index contributed by atoms with van der Waals surface area (Å²) in [5, 5.41) is 3.07. The van der Waals surface area contributed by atoms with Gasteiger partial charge in [-0.3, -0.25) is 4.79 Å². The lowest BCUT2D eigenvalue weighted by molar-refractivity contribution is 0.0528. The second kappa shape index (κ2) is 9.36. The number of carbonyl (C=O) groups is 2. The van der Waals surface area contributed by atoms with Gasteiger partial charge in [-0.15, -0.1) is 0 Å². The van der Waals surface area contributed by atoms with Gasteiger partial charge in [0, 0.05) is 24.1 Å². The molecule has 190 valence electrons. The Morgan fingerprint density at radius 1 is 1.05 bits per heavy atom. The van der Waals surface area contributed by atoms with Gasteiger partial charge in [0.1, 0.15) is 22.8 Å². The molecule has 1 amide bonds. The van der Waals surface area contributed by atoms with Crippen LogP contribution in [0.5, 0.6) is 0 Å². The van der Waals surface area contributed by atoms with Crippen LogP contribution in [0.4, 0.5) is 10.1 Å². The highest BCUT2D eigenvalue weighted by Crippen LogP contribution is 2.48. The predicted molar refractivity (Wildman–Crippen MR) is 136 cm³/mol. The van der Waals surface area contributed by atoms with Crippen LogP contribution in [0.15, 0.2) is 71.1 Å². The van der Waals surface area contributed by atoms with Crippen LogP contribution in [0.1, 0.15) is 45.0 Å². The number of fused-ring (bicyclic) bond motifs is 1. The number of amides is 1. The Bertz CT molecular complexity index is 1610. The van der Waals surface area contributed by atoms with Crippen LogP contribution < -0.4 is 9.79 Å². The lowest BCUT2D eigenvalue weighted by Gasteiger charge is -2.23. The first kappa shape index (κ1) is 24.5. The lowest BCUT2D eigenvalue weighted by atomic mass is 10.0. The molecule has 4 aromatic rings. The Morgan fingerprint density at radius 2 is 1.73 bits per heavy atom. The van der Waals surface area contributed by atoms with Crippen LogP contribution in [0.25, 0.3) is 22.3 Å². The summed E-state index contributed by atoms with van der Waals surface area (Å²) in [5.74, 6) is -1.47. The molecule has 0 atom stereocenters. The minimum atomic E-state index is -4.07. The first-order valence-electron chi connectivity index (χ1n) is 11.5. The van der Waals surface area contributed by atoms with E-state index >= 15 is 0 Å². The van der Waals surface area contributed by atoms with E-state index in [2.05, 4.69) is 5.32 Å². The van der Waals surface area contributed by atoms with Gasteiger partial charge in [0.05, 0.1) is 17.4 Å². The van der Waals surface area contributed by atoms with Gasteiger partial charge >= 0.3 is 5.97 Å². The second-order valence-corrected chi connectivity index (χ2v) is 10.6. The molecule has 1 N–H and O–H groups in total. The molecule has 0 unspecified atom stereocenters. The van der Waals surface area contributed by atoms with Gasteiger partial charge in [0.15, 0.2) is 0 Å². The van der Waals surface area contributed by atoms with E-state index in [4.69, 9.17) is 9.25 Å². The molecule has 5 rings (SSSR count). The fourth-order valence-corrected chi connectivity index (χ4v) is 4.90. The fraction of sp³-hybridized carbons (Fsp3) is 0.185. The van der Waals surface area contributed by atoms with Crippen molar-refractivity contribution in [3.63, 3.8) is 0 Å². The van der Waals surface area contributed by atoms with E-state index in [9.17, 15) is 22.4 Å². The van der Waals surface area contributed by atoms with E-state index in [0.29, 0.717) is 21.0 Å². The zero-order valence-electron chi connectivity index (χ0n) is 20.0. The zero-order chi connectivity index (χ0) is 26.3. The van der Waals surface area contributed by atoms with Gasteiger partial charge in [-0.25, -0.2) is 17.6 Å². The highest BCUT2D eigenvalue weighted by Gasteiger charge is 2.35. The van der Waals surface area contributed by atoms with E-state index in [-0.39, 0.29) is 34.1 Å². The number of hydrogen-bond acceptors (Lipinski definition) is 6. The van der Waals surface area contributed by atoms with Gasteiger partial charge in [-0.05, 0) is 66.8 Å². The van der Waals surface area contributed by atoms with Gasteiger partial charge in [-0.1, -0.05) is 22.7 Å². The van der Waals surface area contributed by atoms with Gasteiger partial charge in [-0.2, -0.15) is 0 Å². The zero-order valence-corrected chi connectivity index (χ0v) is 20.8. The Morgan fingerprint density at radius 3 is 2.32 bits per heavy atom. The fourth-order valence-electron chi connectivity index (χ4n) is 4.18. The Kier molecular flexibility index (Phi) is 6.20. The molecule has 0 spiro atoms. The molecular weight excluding hydrogens is 499 g/mol. The number of nitrogens with one attached hydrogen (secondary N) is 1. The van der Waals surface area contributed by atoms with Gasteiger partial charge < -0.3 is 14.6 Å². The number of sulfonamides is 1. The summed E-state index contributed by atoms with van der Waals surface area (Å²) in [4.78, 5) is 31.1. The van der Waals surface area contributed by atoms with Crippen LogP contribution >= 0.6 is 0 Å². The van der Waals surface area contributed by atoms with Crippen molar-refractivity contribution in [2.45, 2.75) is 18.8 Å². The smallest absolute Gasteiger partial charge is 0.364 e. The van der Waals surface area contributed by atoms with E-state index in [1.54, 1.807) is 24.3 Å². The lowest BCUT2D eigenvalue weighted by Crippen LogP contribution is -2.33. The number of anilines is 1. The van der Waals surface area contributed by atoms with Gasteiger partial charge in [0.25, 0.3) is 15.9 Å². The summed E-state index contributed by atoms with van der Waals surface area (Å²) >= 11 is 0. The molecule has 0 aliphatic heterocycles. The molecule has 0 radical (unpaired) electrons. The second-order valence-electron chi connectivity index (χ2n) is 8.81. The summed E-state index contributed by atoms with van der Waals surface area (Å²) in [6, 6.07) is 16.7. The highest BCUT2D eigenvalue weighted by molar-refractivity contribution is 7.91. The van der Waals surface area contributed by atoms with Crippen LogP contribution in [0.3, 0.4) is 0 Å². The van der Waals surface area contributed by atoms with Crippen LogP contribution in [-0.4, -0.2) is 33.6 Å². The molecule has 0 bridgehead atoms. The molecule has 1 aliphatic carbocycles. The number of carbonyl (C=O) groups excluding carboxylic acids is 2. The number of benzene rings is 3. The third kappa shape index (κ3) is 4.79. The van der Waals surface area contributed by atoms with Crippen molar-refractivity contribution in [3.8, 4) is 11.3 Å². The average molecular weight is 523 g/mol. The highest BCUT2D eigenvalue weighted by atomic mass is 32.2. The largest absolute Gasteiger partial charge is 0.455 e. The van der Waals surface area contributed by atoms with Crippen molar-refractivity contribution >= 4 is 38.6 Å². The van der Waals surface area contributed by atoms with E-state index < -0.39 is 27.7 Å². The summed E-state index contributed by atoms with van der Waals surface area (Å²) in [6.07, 6.45) is 2.55. The van der Waals surface area contributed by atoms with Crippen molar-refractivity contribution < 1.29 is 31.7 Å². The first-order valence-corrected chi connectivity index (χ1v) is 13.4. The third-order valence-corrected chi connectivity index (χ3v) is 6.96. The quantitative estimate of drug-likeness (QED) is 0.342. The van der Waals surface area contributed by atoms with Crippen molar-refractivity contribution in [2.24, 2.45) is 0 Å². The molecule has 10 heteroatoms. The first-order chi connectivity index (χ1) is 17.7. The number of nitrogens with zero attached hydrogens (tertiary/aromatic N) is 1. The standard InChI is InChI=1S/C27H23FN2O6S/c1-29-26(31)24-21-14-20(16-8-9-16)22(15-23(21)35-25(24)17-10-12-19(28)13-11-17)30(37(2,33)34)36-27(32)18-6-4-3-5-7-18/h3-7,10-16H,8-9H2,1-2H3,(H,29,31). The Labute approximate surface area is 212 Å². The predicted octanol–water partition coefficient (Wildman–Crippen LogP) is 5.01. The maximum atomic E-state index is 13.5. The summed E-state index contributed by atoms with van der Waals surface area (Å²) in [7, 11) is -2.59. The maximum Gasteiger partial charge on any atom is 0.364 e. The molecule has 1 fully saturated rings. The normalized spacial score (nSPS) is 13.4. The molecule has 3 aromatic carbocycles. The Hall–Kier alpha value is -4.18. The minimum absolute atomic E-state index is 0.0146. The SMILES string of the molecule is CNC(=O)c1c(-c2ccc(F)cc2)oc2cc(N(OC(=O)c3ccccc3)S(C)(=O)=O)c(C3CC3)cc12. The molecule has 1 aliphatic rings. The number of furan rings is 1. The van der Waals surface area contributed by atoms with E-state index in [0.717, 1.165) is 19.1 Å². The molecule has 0 saturated heterocycles. The van der Waals surface area contributed by atoms with Crippen molar-refractivity contribution in [1.29, 1.82) is 0 Å². The van der Waals surface area contributed by atoms with Crippen molar-refractivity contribution in [3.05, 3.63) is 89.2 Å². The van der Waals surface area contributed by atoms with Crippen LogP contribution in [0.2, 0.25) is 0 Å². The van der Waals surface area contributed by atoms with Crippen molar-refractivity contribution in [2.75, 3.05) is 17.8 Å². The number of rotatable bonds is 7. The molecule has 1 aromatic heterocycles. The summed E-state index contributed by atoms with van der Waals surface area (Å²) in [5.41, 5.74) is 1.84.